The Balaban J connectivity index is 2.46. The normalized spacial score (nSPS) is 20.1. The number of amides is 3. The maximum atomic E-state index is 11.6. The standard InChI is InChI=1S/C11H19N3O5/c1-7(2)12-11(18)13-9(15)5-14-3-4-19-6-8(14)10(16)17/h7-8H,3-6H2,1-2H3,(H,16,17)(H2,12,13,15,18). The van der Waals surface area contributed by atoms with E-state index in [4.69, 9.17) is 9.84 Å². The van der Waals surface area contributed by atoms with Crippen LogP contribution < -0.4 is 10.6 Å². The summed E-state index contributed by atoms with van der Waals surface area (Å²) in [7, 11) is 0. The zero-order valence-corrected chi connectivity index (χ0v) is 11.0. The second-order valence-corrected chi connectivity index (χ2v) is 4.58. The highest BCUT2D eigenvalue weighted by Crippen LogP contribution is 2.06. The topological polar surface area (TPSA) is 108 Å². The average molecular weight is 273 g/mol. The van der Waals surface area contributed by atoms with Gasteiger partial charge in [-0.2, -0.15) is 0 Å². The lowest BCUT2D eigenvalue weighted by Crippen LogP contribution is -2.54. The van der Waals surface area contributed by atoms with E-state index in [9.17, 15) is 14.4 Å². The van der Waals surface area contributed by atoms with Gasteiger partial charge in [0.15, 0.2) is 0 Å². The van der Waals surface area contributed by atoms with E-state index in [1.807, 2.05) is 0 Å². The van der Waals surface area contributed by atoms with Gasteiger partial charge in [0.2, 0.25) is 5.91 Å². The number of nitrogens with zero attached hydrogens (tertiary/aromatic N) is 1. The zero-order valence-electron chi connectivity index (χ0n) is 11.0. The predicted octanol–water partition coefficient (Wildman–Crippen LogP) is -0.994. The number of carboxylic acids is 1. The minimum Gasteiger partial charge on any atom is -0.480 e. The number of carbonyl (C=O) groups is 3. The van der Waals surface area contributed by atoms with E-state index in [0.29, 0.717) is 13.2 Å². The third-order valence-corrected chi connectivity index (χ3v) is 2.54. The summed E-state index contributed by atoms with van der Waals surface area (Å²) < 4.78 is 5.06. The van der Waals surface area contributed by atoms with Crippen molar-refractivity contribution in [3.8, 4) is 0 Å². The van der Waals surface area contributed by atoms with Crippen molar-refractivity contribution in [2.24, 2.45) is 0 Å². The molecule has 0 saturated carbocycles. The highest BCUT2D eigenvalue weighted by atomic mass is 16.5. The largest absolute Gasteiger partial charge is 0.480 e. The summed E-state index contributed by atoms with van der Waals surface area (Å²) in [5.74, 6) is -1.58. The fraction of sp³-hybridized carbons (Fsp3) is 0.727. The van der Waals surface area contributed by atoms with Gasteiger partial charge < -0.3 is 15.2 Å². The number of hydrogen-bond donors (Lipinski definition) is 3. The predicted molar refractivity (Wildman–Crippen MR) is 65.6 cm³/mol. The molecule has 0 aromatic rings. The molecule has 1 aliphatic heterocycles. The van der Waals surface area contributed by atoms with Crippen LogP contribution >= 0.6 is 0 Å². The molecule has 8 heteroatoms. The van der Waals surface area contributed by atoms with E-state index in [-0.39, 0.29) is 19.2 Å². The van der Waals surface area contributed by atoms with Crippen molar-refractivity contribution >= 4 is 17.9 Å². The Hall–Kier alpha value is -1.67. The fourth-order valence-electron chi connectivity index (χ4n) is 1.70. The number of ether oxygens (including phenoxy) is 1. The van der Waals surface area contributed by atoms with Gasteiger partial charge in [-0.05, 0) is 13.8 Å². The van der Waals surface area contributed by atoms with Crippen molar-refractivity contribution in [2.45, 2.75) is 25.9 Å². The number of carbonyl (C=O) groups excluding carboxylic acids is 2. The Morgan fingerprint density at radius 2 is 2.11 bits per heavy atom. The van der Waals surface area contributed by atoms with E-state index >= 15 is 0 Å². The molecule has 1 saturated heterocycles. The van der Waals surface area contributed by atoms with Gasteiger partial charge in [-0.25, -0.2) is 4.79 Å². The van der Waals surface area contributed by atoms with Crippen LogP contribution in [0.25, 0.3) is 0 Å². The van der Waals surface area contributed by atoms with Crippen molar-refractivity contribution < 1.29 is 24.2 Å². The van der Waals surface area contributed by atoms with Crippen molar-refractivity contribution in [2.75, 3.05) is 26.3 Å². The van der Waals surface area contributed by atoms with E-state index in [1.165, 1.54) is 4.90 Å². The van der Waals surface area contributed by atoms with Crippen LogP contribution in [0.3, 0.4) is 0 Å². The molecular formula is C11H19N3O5. The first-order valence-corrected chi connectivity index (χ1v) is 6.05. The number of nitrogens with one attached hydrogen (secondary N) is 2. The fourth-order valence-corrected chi connectivity index (χ4v) is 1.70. The number of carboxylic acid groups (broad SMARTS) is 1. The molecule has 1 atom stereocenters. The Bertz CT molecular complexity index is 358. The summed E-state index contributed by atoms with van der Waals surface area (Å²) in [6.07, 6.45) is 0. The summed E-state index contributed by atoms with van der Waals surface area (Å²) in [4.78, 5) is 35.4. The first kappa shape index (κ1) is 15.4. The smallest absolute Gasteiger partial charge is 0.323 e. The van der Waals surface area contributed by atoms with E-state index in [2.05, 4.69) is 10.6 Å². The molecule has 3 N–H and O–H groups in total. The van der Waals surface area contributed by atoms with Crippen LogP contribution in [0.1, 0.15) is 13.8 Å². The Kier molecular flexibility index (Phi) is 5.71. The van der Waals surface area contributed by atoms with Crippen LogP contribution in [0, 0.1) is 0 Å². The molecule has 1 heterocycles. The van der Waals surface area contributed by atoms with Crippen LogP contribution in [-0.2, 0) is 14.3 Å². The van der Waals surface area contributed by atoms with Crippen LogP contribution in [-0.4, -0.2) is 66.3 Å². The number of aliphatic carboxylic acids is 1. The van der Waals surface area contributed by atoms with E-state index in [1.54, 1.807) is 13.8 Å². The lowest BCUT2D eigenvalue weighted by molar-refractivity contribution is -0.150. The molecule has 1 aliphatic rings. The van der Waals surface area contributed by atoms with E-state index in [0.717, 1.165) is 0 Å². The quantitative estimate of drug-likeness (QED) is 0.607. The molecule has 0 aromatic heterocycles. The molecule has 8 nitrogen and oxygen atoms in total. The summed E-state index contributed by atoms with van der Waals surface area (Å²) in [5, 5.41) is 13.7. The molecule has 3 amide bonds. The first-order valence-electron chi connectivity index (χ1n) is 6.05. The van der Waals surface area contributed by atoms with Crippen molar-refractivity contribution in [3.05, 3.63) is 0 Å². The molecule has 0 bridgehead atoms. The monoisotopic (exact) mass is 273 g/mol. The molecule has 19 heavy (non-hydrogen) atoms. The highest BCUT2D eigenvalue weighted by Gasteiger charge is 2.30. The van der Waals surface area contributed by atoms with Gasteiger partial charge in [0.1, 0.15) is 6.04 Å². The lowest BCUT2D eigenvalue weighted by Gasteiger charge is -2.31. The molecule has 1 fully saturated rings. The van der Waals surface area contributed by atoms with Crippen LogP contribution in [0.15, 0.2) is 0 Å². The van der Waals surface area contributed by atoms with Crippen LogP contribution in [0.4, 0.5) is 4.79 Å². The summed E-state index contributed by atoms with van der Waals surface area (Å²) in [6.45, 7) is 4.15. The van der Waals surface area contributed by atoms with Crippen molar-refractivity contribution in [3.63, 3.8) is 0 Å². The van der Waals surface area contributed by atoms with Crippen LogP contribution in [0.5, 0.6) is 0 Å². The van der Waals surface area contributed by atoms with Crippen molar-refractivity contribution in [1.29, 1.82) is 0 Å². The molecule has 108 valence electrons. The molecule has 1 rings (SSSR count). The Morgan fingerprint density at radius 3 is 2.68 bits per heavy atom. The van der Waals surface area contributed by atoms with Gasteiger partial charge in [-0.15, -0.1) is 0 Å². The molecule has 0 radical (unpaired) electrons. The average Bonchev–Trinajstić information content (AvgIpc) is 2.27. The van der Waals surface area contributed by atoms with Gasteiger partial charge >= 0.3 is 12.0 Å². The second-order valence-electron chi connectivity index (χ2n) is 4.58. The molecule has 1 unspecified atom stereocenters. The summed E-state index contributed by atoms with van der Waals surface area (Å²) >= 11 is 0. The van der Waals surface area contributed by atoms with Gasteiger partial charge in [-0.3, -0.25) is 19.8 Å². The van der Waals surface area contributed by atoms with Crippen LogP contribution in [0.2, 0.25) is 0 Å². The lowest BCUT2D eigenvalue weighted by atomic mass is 10.2. The minimum absolute atomic E-state index is 0.0425. The zero-order chi connectivity index (χ0) is 14.4. The number of imide groups is 1. The van der Waals surface area contributed by atoms with Gasteiger partial charge in [0.05, 0.1) is 19.8 Å². The third kappa shape index (κ3) is 5.23. The van der Waals surface area contributed by atoms with Gasteiger partial charge in [0, 0.05) is 12.6 Å². The Labute approximate surface area is 111 Å². The number of morpholine rings is 1. The summed E-state index contributed by atoms with van der Waals surface area (Å²) in [5.41, 5.74) is 0. The number of urea groups is 1. The molecular weight excluding hydrogens is 254 g/mol. The van der Waals surface area contributed by atoms with Gasteiger partial charge in [0.25, 0.3) is 0 Å². The molecule has 0 aliphatic carbocycles. The summed E-state index contributed by atoms with van der Waals surface area (Å²) in [6, 6.07) is -1.52. The van der Waals surface area contributed by atoms with E-state index < -0.39 is 23.9 Å². The highest BCUT2D eigenvalue weighted by molar-refractivity contribution is 5.95. The Morgan fingerprint density at radius 1 is 1.42 bits per heavy atom. The maximum Gasteiger partial charge on any atom is 0.323 e. The molecule has 0 spiro atoms. The minimum atomic E-state index is -1.04. The first-order chi connectivity index (χ1) is 8.90. The third-order valence-electron chi connectivity index (χ3n) is 2.54. The SMILES string of the molecule is CC(C)NC(=O)NC(=O)CN1CCOCC1C(=O)O. The van der Waals surface area contributed by atoms with Crippen molar-refractivity contribution in [1.82, 2.24) is 15.5 Å². The van der Waals surface area contributed by atoms with Gasteiger partial charge in [-0.1, -0.05) is 0 Å². The maximum absolute atomic E-state index is 11.6. The second kappa shape index (κ2) is 7.05. The number of hydrogen-bond acceptors (Lipinski definition) is 5. The number of rotatable bonds is 4. The molecule has 0 aromatic carbocycles.